The lowest BCUT2D eigenvalue weighted by atomic mass is 10.1. The van der Waals surface area contributed by atoms with E-state index in [2.05, 4.69) is 4.98 Å². The van der Waals surface area contributed by atoms with Crippen molar-refractivity contribution in [3.05, 3.63) is 51.3 Å². The van der Waals surface area contributed by atoms with Gasteiger partial charge in [0.1, 0.15) is 12.2 Å². The number of aromatic nitrogens is 2. The number of likely N-dealkylation sites (tertiary alicyclic amines) is 1. The molecule has 4 heterocycles. The average molecular weight is 388 g/mol. The molecule has 2 aliphatic heterocycles. The summed E-state index contributed by atoms with van der Waals surface area (Å²) >= 11 is 1.39. The summed E-state index contributed by atoms with van der Waals surface area (Å²) in [4.78, 5) is 44.6. The van der Waals surface area contributed by atoms with Crippen molar-refractivity contribution in [2.24, 2.45) is 5.92 Å². The van der Waals surface area contributed by atoms with E-state index in [0.717, 1.165) is 0 Å². The van der Waals surface area contributed by atoms with E-state index in [1.165, 1.54) is 22.0 Å². The predicted molar refractivity (Wildman–Crippen MR) is 98.5 cm³/mol. The van der Waals surface area contributed by atoms with Crippen LogP contribution in [0.4, 0.5) is 0 Å². The second-order valence-electron chi connectivity index (χ2n) is 6.76. The van der Waals surface area contributed by atoms with E-state index in [-0.39, 0.29) is 35.9 Å². The number of ether oxygens (including phenoxy) is 1. The summed E-state index contributed by atoms with van der Waals surface area (Å²) in [5.74, 6) is -0.148. The number of thiazole rings is 1. The molecule has 0 spiro atoms. The van der Waals surface area contributed by atoms with Crippen molar-refractivity contribution in [1.82, 2.24) is 19.4 Å². The van der Waals surface area contributed by atoms with Crippen molar-refractivity contribution in [2.45, 2.75) is 12.6 Å². The first-order valence-electron chi connectivity index (χ1n) is 8.84. The second kappa shape index (κ2) is 7.61. The number of hydrogen-bond donors (Lipinski definition) is 0. The van der Waals surface area contributed by atoms with Crippen LogP contribution in [0.25, 0.3) is 0 Å². The van der Waals surface area contributed by atoms with Gasteiger partial charge in [0.2, 0.25) is 5.91 Å². The van der Waals surface area contributed by atoms with Gasteiger partial charge in [0.15, 0.2) is 0 Å². The Balaban J connectivity index is 1.41. The Bertz CT molecular complexity index is 881. The van der Waals surface area contributed by atoms with Gasteiger partial charge in [0.25, 0.3) is 11.5 Å². The molecule has 2 fully saturated rings. The zero-order valence-corrected chi connectivity index (χ0v) is 15.5. The fourth-order valence-corrected chi connectivity index (χ4v) is 4.13. The maximum Gasteiger partial charge on any atom is 0.273 e. The zero-order valence-electron chi connectivity index (χ0n) is 14.7. The minimum absolute atomic E-state index is 0.0145. The molecule has 2 aliphatic rings. The van der Waals surface area contributed by atoms with Crippen LogP contribution < -0.4 is 5.56 Å². The summed E-state index contributed by atoms with van der Waals surface area (Å²) in [6, 6.07) is 4.82. The summed E-state index contributed by atoms with van der Waals surface area (Å²) in [6.07, 6.45) is 1.52. The molecule has 0 saturated carbocycles. The number of amides is 2. The normalized spacial score (nSPS) is 22.4. The van der Waals surface area contributed by atoms with Crippen molar-refractivity contribution in [3.8, 4) is 0 Å². The molecule has 2 atom stereocenters. The molecule has 2 aromatic rings. The summed E-state index contributed by atoms with van der Waals surface area (Å²) in [6.45, 7) is 2.53. The van der Waals surface area contributed by atoms with Crippen LogP contribution in [0.5, 0.6) is 0 Å². The summed E-state index contributed by atoms with van der Waals surface area (Å²) in [5.41, 5.74) is 1.90. The zero-order chi connectivity index (χ0) is 18.8. The molecule has 0 unspecified atom stereocenters. The van der Waals surface area contributed by atoms with Gasteiger partial charge in [-0.15, -0.1) is 11.3 Å². The van der Waals surface area contributed by atoms with E-state index < -0.39 is 0 Å². The van der Waals surface area contributed by atoms with E-state index in [0.29, 0.717) is 38.5 Å². The fourth-order valence-electron chi connectivity index (χ4n) is 3.60. The van der Waals surface area contributed by atoms with Crippen LogP contribution in [-0.4, -0.2) is 70.1 Å². The first-order chi connectivity index (χ1) is 13.1. The Morgan fingerprint density at radius 1 is 1.22 bits per heavy atom. The molecule has 2 saturated heterocycles. The van der Waals surface area contributed by atoms with Crippen LogP contribution in [0.3, 0.4) is 0 Å². The highest BCUT2D eigenvalue weighted by atomic mass is 32.1. The Kier molecular flexibility index (Phi) is 5.04. The Hall–Kier alpha value is -2.52. The Morgan fingerprint density at radius 3 is 2.85 bits per heavy atom. The molecule has 2 aromatic heterocycles. The summed E-state index contributed by atoms with van der Waals surface area (Å²) in [5, 5.41) is 1.74. The van der Waals surface area contributed by atoms with Gasteiger partial charge < -0.3 is 19.1 Å². The largest absolute Gasteiger partial charge is 0.374 e. The molecular weight excluding hydrogens is 368 g/mol. The summed E-state index contributed by atoms with van der Waals surface area (Å²) in [7, 11) is 0. The van der Waals surface area contributed by atoms with Gasteiger partial charge in [-0.3, -0.25) is 14.4 Å². The van der Waals surface area contributed by atoms with E-state index in [4.69, 9.17) is 4.74 Å². The molecule has 8 nitrogen and oxygen atoms in total. The SMILES string of the molecule is O=C(Cn1ccccc1=O)N1C[C@@H]2CN(C(=O)c3cscn3)CCO[C@@H]2C1. The highest BCUT2D eigenvalue weighted by Crippen LogP contribution is 2.24. The number of nitrogens with zero attached hydrogens (tertiary/aromatic N) is 4. The summed E-state index contributed by atoms with van der Waals surface area (Å²) < 4.78 is 7.30. The molecule has 4 rings (SSSR count). The van der Waals surface area contributed by atoms with Gasteiger partial charge in [-0.05, 0) is 6.07 Å². The van der Waals surface area contributed by atoms with Crippen LogP contribution in [-0.2, 0) is 16.1 Å². The number of rotatable bonds is 3. The average Bonchev–Trinajstić information content (AvgIpc) is 3.29. The van der Waals surface area contributed by atoms with Crippen molar-refractivity contribution < 1.29 is 14.3 Å². The van der Waals surface area contributed by atoms with Gasteiger partial charge in [-0.1, -0.05) is 6.07 Å². The van der Waals surface area contributed by atoms with Gasteiger partial charge in [-0.25, -0.2) is 4.98 Å². The third-order valence-corrected chi connectivity index (χ3v) is 5.61. The number of pyridine rings is 1. The van der Waals surface area contributed by atoms with Crippen molar-refractivity contribution in [1.29, 1.82) is 0 Å². The molecule has 0 bridgehead atoms. The van der Waals surface area contributed by atoms with Gasteiger partial charge in [-0.2, -0.15) is 0 Å². The van der Waals surface area contributed by atoms with Crippen LogP contribution in [0.15, 0.2) is 40.1 Å². The quantitative estimate of drug-likeness (QED) is 0.755. The smallest absolute Gasteiger partial charge is 0.273 e. The molecule has 0 radical (unpaired) electrons. The molecule has 2 amide bonds. The predicted octanol–water partition coefficient (Wildman–Crippen LogP) is 0.304. The van der Waals surface area contributed by atoms with E-state index in [1.807, 2.05) is 0 Å². The maximum absolute atomic E-state index is 12.6. The third kappa shape index (κ3) is 3.79. The second-order valence-corrected chi connectivity index (χ2v) is 7.48. The van der Waals surface area contributed by atoms with Crippen molar-refractivity contribution in [3.63, 3.8) is 0 Å². The first kappa shape index (κ1) is 17.9. The van der Waals surface area contributed by atoms with Gasteiger partial charge in [0.05, 0.1) is 18.2 Å². The minimum atomic E-state index is -0.199. The molecule has 142 valence electrons. The number of fused-ring (bicyclic) bond motifs is 1. The standard InChI is InChI=1S/C18H20N4O4S/c23-16-3-1-2-4-20(16)10-17(24)22-8-13-7-21(5-6-26-15(13)9-22)18(25)14-11-27-12-19-14/h1-4,11-13,15H,5-10H2/t13-,15+/m0/s1. The van der Waals surface area contributed by atoms with Crippen molar-refractivity contribution >= 4 is 23.2 Å². The van der Waals surface area contributed by atoms with E-state index >= 15 is 0 Å². The highest BCUT2D eigenvalue weighted by molar-refractivity contribution is 7.07. The molecule has 27 heavy (non-hydrogen) atoms. The maximum atomic E-state index is 12.6. The molecule has 9 heteroatoms. The Labute approximate surface area is 160 Å². The third-order valence-electron chi connectivity index (χ3n) is 5.03. The van der Waals surface area contributed by atoms with Crippen LogP contribution in [0, 0.1) is 5.92 Å². The molecular formula is C18H20N4O4S. The highest BCUT2D eigenvalue weighted by Gasteiger charge is 2.39. The fraction of sp³-hybridized carbons (Fsp3) is 0.444. The molecule has 0 N–H and O–H groups in total. The first-order valence-corrected chi connectivity index (χ1v) is 9.78. The number of hydrogen-bond acceptors (Lipinski definition) is 6. The van der Waals surface area contributed by atoms with E-state index in [9.17, 15) is 14.4 Å². The van der Waals surface area contributed by atoms with Gasteiger partial charge in [0, 0.05) is 49.7 Å². The number of carbonyl (C=O) groups is 2. The van der Waals surface area contributed by atoms with Crippen LogP contribution in [0.1, 0.15) is 10.5 Å². The van der Waals surface area contributed by atoms with Crippen LogP contribution >= 0.6 is 11.3 Å². The molecule has 0 aliphatic carbocycles. The lowest BCUT2D eigenvalue weighted by Crippen LogP contribution is -2.39. The number of carbonyl (C=O) groups excluding carboxylic acids is 2. The van der Waals surface area contributed by atoms with Gasteiger partial charge >= 0.3 is 0 Å². The Morgan fingerprint density at radius 2 is 2.07 bits per heavy atom. The van der Waals surface area contributed by atoms with E-state index in [1.54, 1.807) is 39.0 Å². The topological polar surface area (TPSA) is 84.7 Å². The lowest BCUT2D eigenvalue weighted by Gasteiger charge is -2.23. The van der Waals surface area contributed by atoms with Crippen molar-refractivity contribution in [2.75, 3.05) is 32.8 Å². The van der Waals surface area contributed by atoms with Crippen LogP contribution in [0.2, 0.25) is 0 Å². The monoisotopic (exact) mass is 388 g/mol. The minimum Gasteiger partial charge on any atom is -0.374 e. The lowest BCUT2D eigenvalue weighted by molar-refractivity contribution is -0.131. The molecule has 0 aromatic carbocycles.